The molecule has 1 atom stereocenters. The summed E-state index contributed by atoms with van der Waals surface area (Å²) in [5.74, 6) is 0.629. The van der Waals surface area contributed by atoms with Crippen LogP contribution in [0.1, 0.15) is 31.2 Å². The van der Waals surface area contributed by atoms with Gasteiger partial charge in [-0.3, -0.25) is 0 Å². The van der Waals surface area contributed by atoms with E-state index in [9.17, 15) is 0 Å². The Labute approximate surface area is 141 Å². The molecule has 1 spiro atoms. The number of hydrogen-bond donors (Lipinski definition) is 2. The van der Waals surface area contributed by atoms with Gasteiger partial charge in [0, 0.05) is 38.0 Å². The third-order valence-corrected chi connectivity index (χ3v) is 5.02. The van der Waals surface area contributed by atoms with Crippen LogP contribution in [0.5, 0.6) is 0 Å². The fraction of sp³-hybridized carbons (Fsp3) is 0.588. The van der Waals surface area contributed by atoms with E-state index in [2.05, 4.69) is 38.1 Å². The fourth-order valence-corrected chi connectivity index (χ4v) is 3.66. The molecule has 0 amide bonds. The van der Waals surface area contributed by atoms with E-state index in [1.807, 2.05) is 12.1 Å². The Hall–Kier alpha value is -1.83. The van der Waals surface area contributed by atoms with Crippen LogP contribution in [0.4, 0.5) is 0 Å². The first-order valence-electron chi connectivity index (χ1n) is 8.61. The molecule has 2 fully saturated rings. The second-order valence-electron chi connectivity index (χ2n) is 6.65. The third-order valence-electron chi connectivity index (χ3n) is 5.02. The highest BCUT2D eigenvalue weighted by Gasteiger charge is 2.38. The molecule has 24 heavy (non-hydrogen) atoms. The summed E-state index contributed by atoms with van der Waals surface area (Å²) in [4.78, 5) is 0. The summed E-state index contributed by atoms with van der Waals surface area (Å²) >= 11 is 0. The molecule has 2 saturated heterocycles. The summed E-state index contributed by atoms with van der Waals surface area (Å²) in [7, 11) is 0. The van der Waals surface area contributed by atoms with E-state index >= 15 is 0 Å². The predicted octanol–water partition coefficient (Wildman–Crippen LogP) is 1.68. The van der Waals surface area contributed by atoms with Crippen molar-refractivity contribution < 1.29 is 9.47 Å². The van der Waals surface area contributed by atoms with E-state index in [-0.39, 0.29) is 5.60 Å². The van der Waals surface area contributed by atoms with Crippen LogP contribution in [-0.2, 0) is 16.0 Å². The summed E-state index contributed by atoms with van der Waals surface area (Å²) in [6.07, 6.45) is 4.16. The van der Waals surface area contributed by atoms with Crippen LogP contribution < -0.4 is 5.32 Å². The van der Waals surface area contributed by atoms with Crippen molar-refractivity contribution >= 4 is 0 Å². The van der Waals surface area contributed by atoms with Gasteiger partial charge in [0.1, 0.15) is 0 Å². The summed E-state index contributed by atoms with van der Waals surface area (Å²) < 4.78 is 11.6. The normalized spacial score (nSPS) is 23.4. The minimum atomic E-state index is 0.0284. The van der Waals surface area contributed by atoms with Crippen LogP contribution in [0.15, 0.2) is 24.3 Å². The molecule has 7 nitrogen and oxygen atoms in total. The average Bonchev–Trinajstić information content (AvgIpc) is 3.16. The van der Waals surface area contributed by atoms with Gasteiger partial charge in [0.2, 0.25) is 5.82 Å². The molecule has 128 valence electrons. The maximum atomic E-state index is 6.11. The molecule has 0 unspecified atom stereocenters. The number of tetrazole rings is 1. The van der Waals surface area contributed by atoms with Crippen molar-refractivity contribution in [2.75, 3.05) is 19.8 Å². The van der Waals surface area contributed by atoms with E-state index in [1.54, 1.807) is 0 Å². The molecular weight excluding hydrogens is 306 g/mol. The van der Waals surface area contributed by atoms with E-state index in [0.29, 0.717) is 11.9 Å². The van der Waals surface area contributed by atoms with Gasteiger partial charge in [-0.25, -0.2) is 0 Å². The lowest BCUT2D eigenvalue weighted by atomic mass is 9.84. The van der Waals surface area contributed by atoms with E-state index < -0.39 is 0 Å². The van der Waals surface area contributed by atoms with Crippen LogP contribution in [0.2, 0.25) is 0 Å². The zero-order valence-corrected chi connectivity index (χ0v) is 13.7. The van der Waals surface area contributed by atoms with Gasteiger partial charge in [-0.2, -0.15) is 5.21 Å². The van der Waals surface area contributed by atoms with Gasteiger partial charge in [0.25, 0.3) is 0 Å². The van der Waals surface area contributed by atoms with E-state index in [1.165, 1.54) is 5.56 Å². The minimum absolute atomic E-state index is 0.0284. The van der Waals surface area contributed by atoms with Gasteiger partial charge < -0.3 is 14.8 Å². The highest BCUT2D eigenvalue weighted by Crippen LogP contribution is 2.34. The number of hydrogen-bond acceptors (Lipinski definition) is 6. The molecule has 3 heterocycles. The smallest absolute Gasteiger partial charge is 0.204 e. The Morgan fingerprint density at radius 3 is 3.00 bits per heavy atom. The second kappa shape index (κ2) is 6.96. The molecule has 0 radical (unpaired) electrons. The van der Waals surface area contributed by atoms with Crippen LogP contribution >= 0.6 is 0 Å². The lowest BCUT2D eigenvalue weighted by Gasteiger charge is -2.43. The number of aromatic nitrogens is 4. The van der Waals surface area contributed by atoms with Crippen molar-refractivity contribution in [2.24, 2.45) is 0 Å². The van der Waals surface area contributed by atoms with Crippen LogP contribution in [0.25, 0.3) is 11.4 Å². The maximum absolute atomic E-state index is 6.11. The average molecular weight is 329 g/mol. The van der Waals surface area contributed by atoms with Gasteiger partial charge in [-0.05, 0) is 42.5 Å². The van der Waals surface area contributed by atoms with Gasteiger partial charge >= 0.3 is 0 Å². The predicted molar refractivity (Wildman–Crippen MR) is 88.2 cm³/mol. The molecule has 1 aromatic carbocycles. The molecule has 2 N–H and O–H groups in total. The first kappa shape index (κ1) is 15.7. The van der Waals surface area contributed by atoms with Crippen molar-refractivity contribution in [3.05, 3.63) is 29.8 Å². The maximum Gasteiger partial charge on any atom is 0.204 e. The summed E-state index contributed by atoms with van der Waals surface area (Å²) in [5, 5.41) is 17.9. The molecule has 2 aliphatic rings. The highest BCUT2D eigenvalue weighted by atomic mass is 16.5. The standard InChI is InChI=1S/C17H23N5O2/c1-2-13(10-14(3-1)16-19-21-22-20-16)12-18-15-4-7-24-17(11-15)5-8-23-9-6-17/h1-3,10,15,18H,4-9,11-12H2,(H,19,20,21,22)/t15-/m0/s1. The topological polar surface area (TPSA) is 85.0 Å². The second-order valence-corrected chi connectivity index (χ2v) is 6.65. The van der Waals surface area contributed by atoms with Crippen molar-refractivity contribution in [3.63, 3.8) is 0 Å². The van der Waals surface area contributed by atoms with Gasteiger partial charge in [0.05, 0.1) is 5.60 Å². The zero-order chi connectivity index (χ0) is 16.2. The Balaban J connectivity index is 1.37. The zero-order valence-electron chi connectivity index (χ0n) is 13.7. The fourth-order valence-electron chi connectivity index (χ4n) is 3.66. The first-order chi connectivity index (χ1) is 11.8. The SMILES string of the molecule is c1cc(CN[C@H]2CCOC3(CCOCC3)C2)cc(-c2nn[nH]n2)c1. The number of benzene rings is 1. The quantitative estimate of drug-likeness (QED) is 0.888. The third kappa shape index (κ3) is 3.48. The number of nitrogens with one attached hydrogen (secondary N) is 2. The number of H-pyrrole nitrogens is 1. The van der Waals surface area contributed by atoms with Crippen molar-refractivity contribution in [1.29, 1.82) is 0 Å². The Morgan fingerprint density at radius 1 is 1.25 bits per heavy atom. The molecule has 0 bridgehead atoms. The molecule has 4 rings (SSSR count). The molecule has 2 aliphatic heterocycles. The monoisotopic (exact) mass is 329 g/mol. The summed E-state index contributed by atoms with van der Waals surface area (Å²) in [6.45, 7) is 3.31. The Morgan fingerprint density at radius 2 is 2.17 bits per heavy atom. The molecule has 1 aromatic heterocycles. The molecule has 2 aromatic rings. The van der Waals surface area contributed by atoms with Crippen LogP contribution in [-0.4, -0.2) is 52.1 Å². The van der Waals surface area contributed by atoms with Crippen molar-refractivity contribution in [3.8, 4) is 11.4 Å². The summed E-state index contributed by atoms with van der Waals surface area (Å²) in [5.41, 5.74) is 2.24. The minimum Gasteiger partial charge on any atom is -0.381 e. The molecule has 7 heteroatoms. The van der Waals surface area contributed by atoms with Gasteiger partial charge in [-0.15, -0.1) is 10.2 Å². The largest absolute Gasteiger partial charge is 0.381 e. The molecule has 0 aliphatic carbocycles. The van der Waals surface area contributed by atoms with Crippen molar-refractivity contribution in [2.45, 2.75) is 43.9 Å². The molecule has 0 saturated carbocycles. The van der Waals surface area contributed by atoms with E-state index in [0.717, 1.165) is 57.6 Å². The lowest BCUT2D eigenvalue weighted by Crippen LogP contribution is -2.49. The Bertz CT molecular complexity index is 649. The number of nitrogens with zero attached hydrogens (tertiary/aromatic N) is 3. The first-order valence-corrected chi connectivity index (χ1v) is 8.61. The van der Waals surface area contributed by atoms with Gasteiger partial charge in [-0.1, -0.05) is 18.2 Å². The Kier molecular flexibility index (Phi) is 4.55. The summed E-state index contributed by atoms with van der Waals surface area (Å²) in [6, 6.07) is 8.76. The number of ether oxygens (including phenoxy) is 2. The lowest BCUT2D eigenvalue weighted by molar-refractivity contribution is -0.140. The van der Waals surface area contributed by atoms with Gasteiger partial charge in [0.15, 0.2) is 0 Å². The van der Waals surface area contributed by atoms with E-state index in [4.69, 9.17) is 9.47 Å². The van der Waals surface area contributed by atoms with Crippen LogP contribution in [0, 0.1) is 0 Å². The number of rotatable bonds is 4. The van der Waals surface area contributed by atoms with Crippen LogP contribution in [0.3, 0.4) is 0 Å². The molecular formula is C17H23N5O2. The number of aromatic amines is 1. The van der Waals surface area contributed by atoms with Crippen molar-refractivity contribution in [1.82, 2.24) is 25.9 Å². The highest BCUT2D eigenvalue weighted by molar-refractivity contribution is 5.54.